The molecule has 0 aromatic heterocycles. The summed E-state index contributed by atoms with van der Waals surface area (Å²) in [5, 5.41) is 0. The Morgan fingerprint density at radius 1 is 1.03 bits per heavy atom. The summed E-state index contributed by atoms with van der Waals surface area (Å²) in [5.74, 6) is 0.593. The van der Waals surface area contributed by atoms with Gasteiger partial charge in [0.05, 0.1) is 0 Å². The highest BCUT2D eigenvalue weighted by Gasteiger charge is 2.54. The number of urea groups is 1. The van der Waals surface area contributed by atoms with Gasteiger partial charge in [-0.2, -0.15) is 0 Å². The Balaban J connectivity index is 1.38. The topological polar surface area (TPSA) is 59.5 Å². The second-order valence-electron chi connectivity index (χ2n) is 8.07. The lowest BCUT2D eigenvalue weighted by atomic mass is 10.1. The zero-order chi connectivity index (χ0) is 21.5. The van der Waals surface area contributed by atoms with Crippen LogP contribution in [0.3, 0.4) is 0 Å². The Morgan fingerprint density at radius 3 is 2.55 bits per heavy atom. The highest BCUT2D eigenvalue weighted by Crippen LogP contribution is 2.34. The van der Waals surface area contributed by atoms with Crippen molar-refractivity contribution >= 4 is 29.7 Å². The SMILES string of the molecule is Cc1ccccc1N1CCN2C1=NC1C2C(=O)N(C/C=C/c2ccccc2)C(=O)N1C. The van der Waals surface area contributed by atoms with E-state index >= 15 is 0 Å². The molecule has 2 fully saturated rings. The molecule has 7 nitrogen and oxygen atoms in total. The van der Waals surface area contributed by atoms with Crippen LogP contribution in [-0.2, 0) is 4.79 Å². The second kappa shape index (κ2) is 7.58. The van der Waals surface area contributed by atoms with Crippen molar-refractivity contribution in [2.24, 2.45) is 4.99 Å². The maximum absolute atomic E-state index is 13.4. The molecule has 0 N–H and O–H groups in total. The predicted octanol–water partition coefficient (Wildman–Crippen LogP) is 2.79. The van der Waals surface area contributed by atoms with Crippen molar-refractivity contribution in [1.29, 1.82) is 0 Å². The molecule has 2 aromatic carbocycles. The number of imide groups is 1. The Hall–Kier alpha value is -3.61. The van der Waals surface area contributed by atoms with Gasteiger partial charge in [-0.1, -0.05) is 60.7 Å². The van der Waals surface area contributed by atoms with E-state index in [0.29, 0.717) is 6.54 Å². The number of para-hydroxylation sites is 1. The molecule has 0 bridgehead atoms. The van der Waals surface area contributed by atoms with Gasteiger partial charge in [0.1, 0.15) is 0 Å². The Morgan fingerprint density at radius 2 is 1.77 bits per heavy atom. The van der Waals surface area contributed by atoms with Crippen molar-refractivity contribution in [2.45, 2.75) is 19.1 Å². The molecule has 158 valence electrons. The summed E-state index contributed by atoms with van der Waals surface area (Å²) in [6, 6.07) is 17.2. The van der Waals surface area contributed by atoms with Crippen LogP contribution in [0, 0.1) is 6.92 Å². The third kappa shape index (κ3) is 3.17. The summed E-state index contributed by atoms with van der Waals surface area (Å²) < 4.78 is 0. The van der Waals surface area contributed by atoms with Gasteiger partial charge in [-0.05, 0) is 24.1 Å². The standard InChI is InChI=1S/C24H25N5O2/c1-17-9-6-7-13-19(17)27-15-16-28-20-21(25-23(27)28)26(2)24(31)29(22(20)30)14-8-12-18-10-4-3-5-11-18/h3-13,20-21H,14-16H2,1-2H3/b12-8+. The molecule has 0 saturated carbocycles. The minimum atomic E-state index is -0.490. The van der Waals surface area contributed by atoms with Gasteiger partial charge in [-0.15, -0.1) is 0 Å². The molecule has 0 radical (unpaired) electrons. The maximum Gasteiger partial charge on any atom is 0.328 e. The number of hydrogen-bond acceptors (Lipinski definition) is 5. The van der Waals surface area contributed by atoms with Crippen LogP contribution >= 0.6 is 0 Å². The van der Waals surface area contributed by atoms with Gasteiger partial charge < -0.3 is 14.7 Å². The van der Waals surface area contributed by atoms with Crippen molar-refractivity contribution in [3.63, 3.8) is 0 Å². The quantitative estimate of drug-likeness (QED) is 0.771. The zero-order valence-electron chi connectivity index (χ0n) is 17.7. The molecule has 3 aliphatic heterocycles. The molecular formula is C24H25N5O2. The maximum atomic E-state index is 13.4. The third-order valence-electron chi connectivity index (χ3n) is 6.18. The van der Waals surface area contributed by atoms with Crippen LogP contribution in [0.25, 0.3) is 6.08 Å². The number of nitrogens with zero attached hydrogens (tertiary/aromatic N) is 5. The second-order valence-corrected chi connectivity index (χ2v) is 8.07. The first kappa shape index (κ1) is 19.4. The molecule has 2 atom stereocenters. The minimum absolute atomic E-state index is 0.184. The number of hydrogen-bond donors (Lipinski definition) is 0. The zero-order valence-corrected chi connectivity index (χ0v) is 17.7. The molecule has 2 saturated heterocycles. The van der Waals surface area contributed by atoms with E-state index in [1.165, 1.54) is 4.90 Å². The summed E-state index contributed by atoms with van der Waals surface area (Å²) in [4.78, 5) is 38.3. The minimum Gasteiger partial charge on any atom is -0.325 e. The van der Waals surface area contributed by atoms with Crippen molar-refractivity contribution in [3.05, 3.63) is 71.8 Å². The fourth-order valence-corrected chi connectivity index (χ4v) is 4.56. The van der Waals surface area contributed by atoms with E-state index in [2.05, 4.69) is 28.9 Å². The summed E-state index contributed by atoms with van der Waals surface area (Å²) in [6.45, 7) is 3.79. The normalized spacial score (nSPS) is 23.0. The largest absolute Gasteiger partial charge is 0.328 e. The number of guanidine groups is 1. The van der Waals surface area contributed by atoms with Gasteiger partial charge in [-0.25, -0.2) is 9.79 Å². The predicted molar refractivity (Wildman–Crippen MR) is 121 cm³/mol. The number of aliphatic imine (C=N–C) groups is 1. The third-order valence-corrected chi connectivity index (χ3v) is 6.18. The fraction of sp³-hybridized carbons (Fsp3) is 0.292. The average molecular weight is 415 g/mol. The van der Waals surface area contributed by atoms with Gasteiger partial charge >= 0.3 is 6.03 Å². The molecule has 0 aliphatic carbocycles. The summed E-state index contributed by atoms with van der Waals surface area (Å²) in [5.41, 5.74) is 3.28. The van der Waals surface area contributed by atoms with Gasteiger partial charge in [0, 0.05) is 32.4 Å². The highest BCUT2D eigenvalue weighted by atomic mass is 16.2. The van der Waals surface area contributed by atoms with Gasteiger partial charge in [-0.3, -0.25) is 9.69 Å². The molecular weight excluding hydrogens is 390 g/mol. The number of fused-ring (bicyclic) bond motifs is 3. The van der Waals surface area contributed by atoms with Crippen molar-refractivity contribution in [3.8, 4) is 0 Å². The molecule has 3 heterocycles. The van der Waals surface area contributed by atoms with Crippen LogP contribution in [0.5, 0.6) is 0 Å². The summed E-state index contributed by atoms with van der Waals surface area (Å²) >= 11 is 0. The lowest BCUT2D eigenvalue weighted by molar-refractivity contribution is -0.136. The van der Waals surface area contributed by atoms with E-state index in [9.17, 15) is 9.59 Å². The number of benzene rings is 2. The van der Waals surface area contributed by atoms with E-state index < -0.39 is 12.2 Å². The van der Waals surface area contributed by atoms with E-state index in [4.69, 9.17) is 4.99 Å². The average Bonchev–Trinajstić information content (AvgIpc) is 3.35. The lowest BCUT2D eigenvalue weighted by Gasteiger charge is -2.40. The Labute approximate surface area is 181 Å². The van der Waals surface area contributed by atoms with Crippen LogP contribution in [0.2, 0.25) is 0 Å². The summed E-state index contributed by atoms with van der Waals surface area (Å²) in [6.07, 6.45) is 3.30. The molecule has 0 spiro atoms. The van der Waals surface area contributed by atoms with E-state index in [0.717, 1.165) is 29.3 Å². The van der Waals surface area contributed by atoms with Crippen LogP contribution in [0.4, 0.5) is 10.5 Å². The van der Waals surface area contributed by atoms with Gasteiger partial charge in [0.15, 0.2) is 12.2 Å². The van der Waals surface area contributed by atoms with Crippen molar-refractivity contribution in [2.75, 3.05) is 31.6 Å². The molecule has 3 amide bonds. The van der Waals surface area contributed by atoms with Crippen molar-refractivity contribution < 1.29 is 9.59 Å². The molecule has 2 unspecified atom stereocenters. The first-order chi connectivity index (χ1) is 15.1. The smallest absolute Gasteiger partial charge is 0.325 e. The first-order valence-electron chi connectivity index (χ1n) is 10.5. The highest BCUT2D eigenvalue weighted by molar-refractivity contribution is 6.08. The van der Waals surface area contributed by atoms with Gasteiger partial charge in [0.2, 0.25) is 5.96 Å². The number of carbonyl (C=O) groups excluding carboxylic acids is 2. The van der Waals surface area contributed by atoms with Crippen LogP contribution < -0.4 is 4.90 Å². The first-order valence-corrected chi connectivity index (χ1v) is 10.5. The van der Waals surface area contributed by atoms with E-state index in [1.54, 1.807) is 11.9 Å². The molecule has 5 rings (SSSR count). The number of likely N-dealkylation sites (N-methyl/N-ethyl adjacent to an activating group) is 1. The monoisotopic (exact) mass is 415 g/mol. The van der Waals surface area contributed by atoms with Gasteiger partial charge in [0.25, 0.3) is 5.91 Å². The molecule has 31 heavy (non-hydrogen) atoms. The molecule has 3 aliphatic rings. The number of anilines is 1. The van der Waals surface area contributed by atoms with E-state index in [-0.39, 0.29) is 18.5 Å². The number of rotatable bonds is 4. The molecule has 2 aromatic rings. The Bertz CT molecular complexity index is 1080. The fourth-order valence-electron chi connectivity index (χ4n) is 4.56. The van der Waals surface area contributed by atoms with Crippen LogP contribution in [-0.4, -0.2) is 71.5 Å². The van der Waals surface area contributed by atoms with Crippen LogP contribution in [0.15, 0.2) is 65.7 Å². The lowest BCUT2D eigenvalue weighted by Crippen LogP contribution is -2.64. The van der Waals surface area contributed by atoms with E-state index in [1.807, 2.05) is 54.6 Å². The number of carbonyl (C=O) groups is 2. The number of amides is 3. The molecule has 7 heteroatoms. The Kier molecular flexibility index (Phi) is 4.73. The summed E-state index contributed by atoms with van der Waals surface area (Å²) in [7, 11) is 1.73. The van der Waals surface area contributed by atoms with Crippen LogP contribution in [0.1, 0.15) is 11.1 Å². The van der Waals surface area contributed by atoms with Crippen molar-refractivity contribution in [1.82, 2.24) is 14.7 Å². The number of aryl methyl sites for hydroxylation is 1.